The van der Waals surface area contributed by atoms with E-state index in [0.717, 1.165) is 21.2 Å². The Balaban J connectivity index is 2.81. The van der Waals surface area contributed by atoms with E-state index in [4.69, 9.17) is 16.0 Å². The molecule has 2 nitrogen and oxygen atoms in total. The number of rotatable bonds is 2. The molecule has 0 saturated heterocycles. The summed E-state index contributed by atoms with van der Waals surface area (Å²) in [6, 6.07) is 1.96. The lowest BCUT2D eigenvalue weighted by Crippen LogP contribution is -2.38. The molecule has 0 bridgehead atoms. The van der Waals surface area contributed by atoms with Gasteiger partial charge in [0.2, 0.25) is 0 Å². The first-order valence-electron chi connectivity index (χ1n) is 5.06. The van der Waals surface area contributed by atoms with Crippen molar-refractivity contribution in [2.24, 2.45) is 0 Å². The molecule has 0 radical (unpaired) electrons. The number of halogens is 1. The van der Waals surface area contributed by atoms with Gasteiger partial charge in [0.1, 0.15) is 5.52 Å². The Morgan fingerprint density at radius 3 is 2.62 bits per heavy atom. The monoisotopic (exact) mass is 271 g/mol. The van der Waals surface area contributed by atoms with Crippen LogP contribution in [0.25, 0.3) is 11.1 Å². The minimum absolute atomic E-state index is 0.517. The summed E-state index contributed by atoms with van der Waals surface area (Å²) in [7, 11) is -1.52. The Labute approximate surface area is 105 Å². The van der Waals surface area contributed by atoms with Gasteiger partial charge in [-0.2, -0.15) is 0 Å². The highest BCUT2D eigenvalue weighted by Gasteiger charge is 2.28. The predicted octanol–water partition coefficient (Wildman–Crippen LogP) is 3.75. The van der Waals surface area contributed by atoms with Gasteiger partial charge in [-0.05, 0) is 23.9 Å². The summed E-state index contributed by atoms with van der Waals surface area (Å²) in [6.45, 7) is 6.74. The summed E-state index contributed by atoms with van der Waals surface area (Å²) >= 11 is 7.85. The second-order valence-electron chi connectivity index (χ2n) is 4.69. The van der Waals surface area contributed by atoms with Crippen molar-refractivity contribution in [3.63, 3.8) is 0 Å². The van der Waals surface area contributed by atoms with Crippen molar-refractivity contribution >= 4 is 47.7 Å². The van der Waals surface area contributed by atoms with Gasteiger partial charge in [0.25, 0.3) is 0 Å². The lowest BCUT2D eigenvalue weighted by atomic mass is 10.4. The van der Waals surface area contributed by atoms with Gasteiger partial charge in [-0.15, -0.1) is 11.8 Å². The fourth-order valence-electron chi connectivity index (χ4n) is 1.75. The van der Waals surface area contributed by atoms with E-state index in [1.165, 1.54) is 0 Å². The van der Waals surface area contributed by atoms with Crippen LogP contribution in [0.15, 0.2) is 21.6 Å². The summed E-state index contributed by atoms with van der Waals surface area (Å²) in [5, 5.41) is 1.64. The maximum absolute atomic E-state index is 6.20. The minimum atomic E-state index is -1.52. The molecule has 0 fully saturated rings. The zero-order valence-corrected chi connectivity index (χ0v) is 12.4. The van der Waals surface area contributed by atoms with Crippen molar-refractivity contribution in [1.29, 1.82) is 0 Å². The van der Waals surface area contributed by atoms with Crippen LogP contribution in [0.2, 0.25) is 24.9 Å². The van der Waals surface area contributed by atoms with Gasteiger partial charge in [-0.1, -0.05) is 19.6 Å². The number of aromatic nitrogens is 1. The van der Waals surface area contributed by atoms with Crippen LogP contribution in [0.3, 0.4) is 0 Å². The van der Waals surface area contributed by atoms with Crippen LogP contribution in [0.5, 0.6) is 0 Å². The van der Waals surface area contributed by atoms with E-state index >= 15 is 0 Å². The molecule has 0 aliphatic carbocycles. The maximum atomic E-state index is 6.20. The summed E-state index contributed by atoms with van der Waals surface area (Å²) in [5.41, 5.74) is 1.77. The molecule has 2 aromatic heterocycles. The molecular formula is C11H14ClNOSSi. The van der Waals surface area contributed by atoms with Crippen molar-refractivity contribution in [2.75, 3.05) is 6.26 Å². The third kappa shape index (κ3) is 1.89. The van der Waals surface area contributed by atoms with Crippen LogP contribution >= 0.6 is 23.4 Å². The molecule has 0 aliphatic heterocycles. The van der Waals surface area contributed by atoms with Gasteiger partial charge in [0, 0.05) is 11.4 Å². The highest BCUT2D eigenvalue weighted by Crippen LogP contribution is 2.30. The van der Waals surface area contributed by atoms with Crippen LogP contribution in [0.1, 0.15) is 0 Å². The molecule has 2 heterocycles. The molecule has 0 amide bonds. The van der Waals surface area contributed by atoms with E-state index in [-0.39, 0.29) is 0 Å². The van der Waals surface area contributed by atoms with Gasteiger partial charge in [0.15, 0.2) is 10.8 Å². The van der Waals surface area contributed by atoms with Gasteiger partial charge in [-0.25, -0.2) is 0 Å². The molecule has 2 aromatic rings. The second kappa shape index (κ2) is 4.09. The quantitative estimate of drug-likeness (QED) is 0.615. The average Bonchev–Trinajstić information content (AvgIpc) is 2.52. The van der Waals surface area contributed by atoms with E-state index in [0.29, 0.717) is 5.22 Å². The molecule has 0 aromatic carbocycles. The van der Waals surface area contributed by atoms with E-state index in [1.807, 2.05) is 18.5 Å². The molecule has 86 valence electrons. The minimum Gasteiger partial charge on any atom is -0.442 e. The summed E-state index contributed by atoms with van der Waals surface area (Å²) in [4.78, 5) is 5.51. The van der Waals surface area contributed by atoms with Crippen LogP contribution in [-0.4, -0.2) is 19.3 Å². The fourth-order valence-corrected chi connectivity index (χ4v) is 4.82. The van der Waals surface area contributed by atoms with Crippen LogP contribution in [0, 0.1) is 0 Å². The Bertz CT molecular complexity index is 532. The largest absolute Gasteiger partial charge is 0.442 e. The molecule has 0 spiro atoms. The molecule has 2 rings (SSSR count). The van der Waals surface area contributed by atoms with Crippen molar-refractivity contribution in [1.82, 2.24) is 4.98 Å². The molecule has 0 N–H and O–H groups in total. The molecule has 0 saturated carbocycles. The Morgan fingerprint density at radius 2 is 2.06 bits per heavy atom. The first kappa shape index (κ1) is 12.0. The van der Waals surface area contributed by atoms with E-state index < -0.39 is 8.07 Å². The van der Waals surface area contributed by atoms with E-state index in [2.05, 4.69) is 24.6 Å². The fraction of sp³-hybridized carbons (Fsp3) is 0.364. The van der Waals surface area contributed by atoms with Crippen LogP contribution in [0.4, 0.5) is 0 Å². The second-order valence-corrected chi connectivity index (χ2v) is 10.9. The van der Waals surface area contributed by atoms with E-state index in [9.17, 15) is 0 Å². The maximum Gasteiger partial charge on any atom is 0.195 e. The summed E-state index contributed by atoms with van der Waals surface area (Å²) in [5.74, 6) is 0. The van der Waals surface area contributed by atoms with Gasteiger partial charge >= 0.3 is 0 Å². The van der Waals surface area contributed by atoms with Crippen LogP contribution in [-0.2, 0) is 0 Å². The van der Waals surface area contributed by atoms with Crippen molar-refractivity contribution in [3.05, 3.63) is 17.5 Å². The zero-order chi connectivity index (χ0) is 11.9. The normalized spacial score (nSPS) is 12.3. The number of hydrogen-bond donors (Lipinski definition) is 0. The number of hydrogen-bond acceptors (Lipinski definition) is 3. The Hall–Kier alpha value is -0.453. The lowest BCUT2D eigenvalue weighted by Gasteiger charge is -2.13. The van der Waals surface area contributed by atoms with Crippen molar-refractivity contribution < 1.29 is 4.42 Å². The number of pyridine rings is 1. The SMILES string of the molecule is CSc1ccnc2c([Si](C)(C)C)c(Cl)oc12. The van der Waals surface area contributed by atoms with Crippen LogP contribution < -0.4 is 5.19 Å². The van der Waals surface area contributed by atoms with E-state index in [1.54, 1.807) is 11.8 Å². The lowest BCUT2D eigenvalue weighted by molar-refractivity contribution is 0.612. The molecular weight excluding hydrogens is 258 g/mol. The Kier molecular flexibility index (Phi) is 3.07. The number of nitrogens with zero attached hydrogens (tertiary/aromatic N) is 1. The Morgan fingerprint density at radius 1 is 1.38 bits per heavy atom. The number of furan rings is 1. The molecule has 5 heteroatoms. The smallest absolute Gasteiger partial charge is 0.195 e. The first-order valence-corrected chi connectivity index (χ1v) is 10.2. The average molecular weight is 272 g/mol. The molecule has 16 heavy (non-hydrogen) atoms. The summed E-state index contributed by atoms with van der Waals surface area (Å²) < 4.78 is 5.66. The highest BCUT2D eigenvalue weighted by atomic mass is 35.5. The van der Waals surface area contributed by atoms with Gasteiger partial charge in [-0.3, -0.25) is 4.98 Å². The third-order valence-corrected chi connectivity index (χ3v) is 5.61. The number of fused-ring (bicyclic) bond motifs is 1. The molecule has 0 atom stereocenters. The predicted molar refractivity (Wildman–Crippen MR) is 73.8 cm³/mol. The van der Waals surface area contributed by atoms with Gasteiger partial charge < -0.3 is 4.42 Å². The molecule has 0 unspecified atom stereocenters. The third-order valence-electron chi connectivity index (χ3n) is 2.46. The standard InChI is InChI=1S/C11H14ClNOSSi/c1-15-7-5-6-13-8-9(7)14-11(12)10(8)16(2,3)4/h5-6H,1-4H3. The first-order chi connectivity index (χ1) is 7.45. The number of thioether (sulfide) groups is 1. The van der Waals surface area contributed by atoms with Gasteiger partial charge in [0.05, 0.1) is 13.0 Å². The molecule has 0 aliphatic rings. The van der Waals surface area contributed by atoms with Crippen molar-refractivity contribution in [2.45, 2.75) is 24.5 Å². The van der Waals surface area contributed by atoms with Crippen molar-refractivity contribution in [3.8, 4) is 0 Å². The topological polar surface area (TPSA) is 26.0 Å². The highest BCUT2D eigenvalue weighted by molar-refractivity contribution is 7.98. The zero-order valence-electron chi connectivity index (χ0n) is 9.80. The summed E-state index contributed by atoms with van der Waals surface area (Å²) in [6.07, 6.45) is 3.85.